The van der Waals surface area contributed by atoms with Gasteiger partial charge in [0.25, 0.3) is 0 Å². The number of fused-ring (bicyclic) bond motifs is 5. The number of para-hydroxylation sites is 1. The van der Waals surface area contributed by atoms with Crippen LogP contribution in [0.5, 0.6) is 0 Å². The van der Waals surface area contributed by atoms with Crippen molar-refractivity contribution in [3.63, 3.8) is 0 Å². The number of hydrogen-bond acceptors (Lipinski definition) is 2. The van der Waals surface area contributed by atoms with E-state index >= 15 is 0 Å². The Balaban J connectivity index is 1.67. The number of aromatic nitrogens is 1. The first-order valence-corrected chi connectivity index (χ1v) is 9.64. The average molecular weight is 344 g/mol. The molecule has 5 rings (SSSR count). The third-order valence-corrected chi connectivity index (χ3v) is 6.58. The first-order chi connectivity index (χ1) is 12.7. The van der Waals surface area contributed by atoms with Crippen LogP contribution in [0.25, 0.3) is 10.9 Å². The smallest absolute Gasteiger partial charge is 0.168 e. The highest BCUT2D eigenvalue weighted by molar-refractivity contribution is 5.99. The number of nitrogens with one attached hydrogen (secondary N) is 1. The van der Waals surface area contributed by atoms with Crippen molar-refractivity contribution in [3.05, 3.63) is 71.4 Å². The van der Waals surface area contributed by atoms with E-state index in [9.17, 15) is 4.79 Å². The highest BCUT2D eigenvalue weighted by atomic mass is 16.1. The lowest BCUT2D eigenvalue weighted by molar-refractivity contribution is -0.000794. The fraction of sp³-hybridized carbons (Fsp3) is 0.348. The summed E-state index contributed by atoms with van der Waals surface area (Å²) in [6.07, 6.45) is 3.10. The lowest BCUT2D eigenvalue weighted by Crippen LogP contribution is -2.58. The predicted molar refractivity (Wildman–Crippen MR) is 104 cm³/mol. The number of piperidine rings is 1. The Kier molecular flexibility index (Phi) is 3.54. The van der Waals surface area contributed by atoms with Gasteiger partial charge in [-0.05, 0) is 44.4 Å². The molecule has 3 aromatic rings. The van der Waals surface area contributed by atoms with Gasteiger partial charge >= 0.3 is 0 Å². The minimum atomic E-state index is -0.252. The van der Waals surface area contributed by atoms with Crippen LogP contribution in [-0.2, 0) is 12.0 Å². The van der Waals surface area contributed by atoms with Crippen LogP contribution in [0.4, 0.5) is 0 Å². The number of aromatic amines is 1. The average Bonchev–Trinajstić information content (AvgIpc) is 3.07. The van der Waals surface area contributed by atoms with Gasteiger partial charge < -0.3 is 4.98 Å². The Morgan fingerprint density at radius 3 is 2.69 bits per heavy atom. The van der Waals surface area contributed by atoms with Crippen LogP contribution in [0.3, 0.4) is 0 Å². The van der Waals surface area contributed by atoms with Crippen LogP contribution in [0.2, 0.25) is 0 Å². The molecule has 2 aliphatic heterocycles. The predicted octanol–water partition coefficient (Wildman–Crippen LogP) is 4.53. The van der Waals surface area contributed by atoms with E-state index in [1.54, 1.807) is 0 Å². The fourth-order valence-corrected chi connectivity index (χ4v) is 5.22. The zero-order valence-electron chi connectivity index (χ0n) is 15.2. The summed E-state index contributed by atoms with van der Waals surface area (Å²) in [5.74, 6) is 0.273. The Bertz CT molecular complexity index is 974. The van der Waals surface area contributed by atoms with Crippen molar-refractivity contribution in [1.29, 1.82) is 0 Å². The summed E-state index contributed by atoms with van der Waals surface area (Å²) in [7, 11) is 0. The maximum absolute atomic E-state index is 13.4. The number of ketones is 1. The van der Waals surface area contributed by atoms with Gasteiger partial charge in [0.05, 0.1) is 5.54 Å². The van der Waals surface area contributed by atoms with E-state index in [2.05, 4.69) is 41.1 Å². The Morgan fingerprint density at radius 2 is 1.85 bits per heavy atom. The second-order valence-electron chi connectivity index (χ2n) is 7.83. The molecule has 0 bridgehead atoms. The number of nitrogens with zero attached hydrogens (tertiary/aromatic N) is 1. The first kappa shape index (κ1) is 15.8. The SMILES string of the molecule is CC12c3[nH]c4ccccc4c3CCN1CCCC2C(=O)c1ccccc1. The molecule has 0 amide bonds. The van der Waals surface area contributed by atoms with Crippen LogP contribution in [0.15, 0.2) is 54.6 Å². The van der Waals surface area contributed by atoms with Gasteiger partial charge in [0.1, 0.15) is 0 Å². The summed E-state index contributed by atoms with van der Waals surface area (Å²) in [5.41, 5.74) is 4.45. The van der Waals surface area contributed by atoms with Crippen LogP contribution < -0.4 is 0 Å². The van der Waals surface area contributed by atoms with Crippen molar-refractivity contribution in [2.75, 3.05) is 13.1 Å². The van der Waals surface area contributed by atoms with Gasteiger partial charge in [-0.2, -0.15) is 0 Å². The molecule has 2 unspecified atom stereocenters. The molecule has 3 heteroatoms. The zero-order chi connectivity index (χ0) is 17.7. The maximum atomic E-state index is 13.4. The zero-order valence-corrected chi connectivity index (χ0v) is 15.2. The number of hydrogen-bond donors (Lipinski definition) is 1. The van der Waals surface area contributed by atoms with Crippen molar-refractivity contribution in [2.24, 2.45) is 5.92 Å². The largest absolute Gasteiger partial charge is 0.357 e. The molecular formula is C23H24N2O. The normalized spacial score (nSPS) is 25.7. The molecule has 26 heavy (non-hydrogen) atoms. The van der Waals surface area contributed by atoms with E-state index in [1.807, 2.05) is 30.3 Å². The lowest BCUT2D eigenvalue weighted by Gasteiger charge is -2.52. The summed E-state index contributed by atoms with van der Waals surface area (Å²) < 4.78 is 0. The van der Waals surface area contributed by atoms with Crippen molar-refractivity contribution < 1.29 is 4.79 Å². The molecule has 1 saturated heterocycles. The van der Waals surface area contributed by atoms with E-state index < -0.39 is 0 Å². The quantitative estimate of drug-likeness (QED) is 0.693. The molecule has 2 atom stereocenters. The van der Waals surface area contributed by atoms with E-state index in [0.717, 1.165) is 37.9 Å². The standard InChI is InChI=1S/C23H24N2O/c1-23-19(21(26)16-8-3-2-4-9-16)11-7-14-25(23)15-13-18-17-10-5-6-12-20(17)24-22(18)23/h2-6,8-10,12,19,24H,7,11,13-15H2,1H3. The number of carbonyl (C=O) groups is 1. The van der Waals surface area contributed by atoms with Crippen molar-refractivity contribution in [3.8, 4) is 0 Å². The molecule has 0 saturated carbocycles. The van der Waals surface area contributed by atoms with Gasteiger partial charge in [-0.1, -0.05) is 48.5 Å². The monoisotopic (exact) mass is 344 g/mol. The Labute approximate surface area is 154 Å². The van der Waals surface area contributed by atoms with Crippen molar-refractivity contribution >= 4 is 16.7 Å². The summed E-state index contributed by atoms with van der Waals surface area (Å²) in [6.45, 7) is 4.39. The molecule has 132 valence electrons. The number of H-pyrrole nitrogens is 1. The van der Waals surface area contributed by atoms with Gasteiger partial charge in [0.15, 0.2) is 5.78 Å². The lowest BCUT2D eigenvalue weighted by atomic mass is 9.69. The van der Waals surface area contributed by atoms with Gasteiger partial charge in [-0.15, -0.1) is 0 Å². The molecule has 2 aromatic carbocycles. The summed E-state index contributed by atoms with van der Waals surface area (Å²) in [6, 6.07) is 18.4. The van der Waals surface area contributed by atoms with Gasteiger partial charge in [-0.3, -0.25) is 9.69 Å². The highest BCUT2D eigenvalue weighted by Crippen LogP contribution is 2.48. The highest BCUT2D eigenvalue weighted by Gasteiger charge is 2.50. The Morgan fingerprint density at radius 1 is 1.08 bits per heavy atom. The van der Waals surface area contributed by atoms with E-state index in [4.69, 9.17) is 0 Å². The molecule has 0 spiro atoms. The number of carbonyl (C=O) groups excluding carboxylic acids is 1. The van der Waals surface area contributed by atoms with Crippen molar-refractivity contribution in [2.45, 2.75) is 31.7 Å². The third kappa shape index (κ3) is 2.13. The van der Waals surface area contributed by atoms with E-state index in [0.29, 0.717) is 0 Å². The molecule has 3 nitrogen and oxygen atoms in total. The summed E-state index contributed by atoms with van der Waals surface area (Å²) in [5, 5.41) is 1.32. The van der Waals surface area contributed by atoms with Gasteiger partial charge in [-0.25, -0.2) is 0 Å². The van der Waals surface area contributed by atoms with E-state index in [-0.39, 0.29) is 17.2 Å². The molecular weight excluding hydrogens is 320 g/mol. The first-order valence-electron chi connectivity index (χ1n) is 9.64. The van der Waals surface area contributed by atoms with Gasteiger partial charge in [0.2, 0.25) is 0 Å². The number of benzene rings is 2. The minimum Gasteiger partial charge on any atom is -0.357 e. The molecule has 0 aliphatic carbocycles. The number of Topliss-reactive ketones (excluding diaryl/α,β-unsaturated/α-hetero) is 1. The molecule has 1 N–H and O–H groups in total. The third-order valence-electron chi connectivity index (χ3n) is 6.58. The molecule has 1 aromatic heterocycles. The van der Waals surface area contributed by atoms with Crippen LogP contribution >= 0.6 is 0 Å². The Hall–Kier alpha value is -2.39. The van der Waals surface area contributed by atoms with Crippen LogP contribution in [-0.4, -0.2) is 28.8 Å². The summed E-state index contributed by atoms with van der Waals surface area (Å²) in [4.78, 5) is 19.7. The summed E-state index contributed by atoms with van der Waals surface area (Å²) >= 11 is 0. The van der Waals surface area contributed by atoms with Gasteiger partial charge in [0, 0.05) is 34.6 Å². The fourth-order valence-electron chi connectivity index (χ4n) is 5.22. The second-order valence-corrected chi connectivity index (χ2v) is 7.83. The van der Waals surface area contributed by atoms with E-state index in [1.165, 1.54) is 22.2 Å². The minimum absolute atomic E-state index is 0.00855. The molecule has 1 fully saturated rings. The maximum Gasteiger partial charge on any atom is 0.168 e. The van der Waals surface area contributed by atoms with Crippen LogP contribution in [0.1, 0.15) is 41.4 Å². The molecule has 3 heterocycles. The second kappa shape index (κ2) is 5.82. The molecule has 2 aliphatic rings. The number of rotatable bonds is 2. The van der Waals surface area contributed by atoms with Crippen LogP contribution in [0, 0.1) is 5.92 Å². The topological polar surface area (TPSA) is 36.1 Å². The molecule has 0 radical (unpaired) electrons. The van der Waals surface area contributed by atoms with Crippen molar-refractivity contribution in [1.82, 2.24) is 9.88 Å².